The van der Waals surface area contributed by atoms with Gasteiger partial charge in [0.05, 0.1) is 19.3 Å². The molecule has 27 heavy (non-hydrogen) atoms. The van der Waals surface area contributed by atoms with Gasteiger partial charge in [0, 0.05) is 45.8 Å². The minimum atomic E-state index is -0.325. The van der Waals surface area contributed by atoms with Gasteiger partial charge in [-0.3, -0.25) is 14.7 Å². The van der Waals surface area contributed by atoms with Crippen molar-refractivity contribution in [3.05, 3.63) is 0 Å². The maximum atomic E-state index is 11.5. The number of halogens is 1. The summed E-state index contributed by atoms with van der Waals surface area (Å²) in [7, 11) is 1.72. The van der Waals surface area contributed by atoms with E-state index in [1.54, 1.807) is 7.05 Å². The number of guanidine groups is 1. The first-order valence-electron chi connectivity index (χ1n) is 9.39. The molecule has 0 aromatic heterocycles. The van der Waals surface area contributed by atoms with Crippen molar-refractivity contribution in [1.29, 1.82) is 0 Å². The van der Waals surface area contributed by atoms with E-state index in [1.807, 2.05) is 0 Å². The predicted molar refractivity (Wildman–Crippen MR) is 116 cm³/mol. The monoisotopic (exact) mass is 496 g/mol. The van der Waals surface area contributed by atoms with E-state index in [0.717, 1.165) is 39.1 Å². The number of carbonyl (C=O) groups is 2. The van der Waals surface area contributed by atoms with E-state index in [4.69, 9.17) is 4.74 Å². The zero-order valence-electron chi connectivity index (χ0n) is 16.5. The maximum Gasteiger partial charge on any atom is 0.324 e. The maximum absolute atomic E-state index is 11.5. The summed E-state index contributed by atoms with van der Waals surface area (Å²) in [5, 5.41) is 9.11. The van der Waals surface area contributed by atoms with Crippen LogP contribution in [0.5, 0.6) is 0 Å². The van der Waals surface area contributed by atoms with Crippen LogP contribution in [0.3, 0.4) is 0 Å². The van der Waals surface area contributed by atoms with Crippen LogP contribution in [0.15, 0.2) is 4.99 Å². The van der Waals surface area contributed by atoms with Gasteiger partial charge in [0.15, 0.2) is 5.96 Å². The van der Waals surface area contributed by atoms with E-state index in [1.165, 1.54) is 4.90 Å². The number of amides is 3. The standard InChI is InChI=1S/C17H32N6O3.HI/c1-13(2)26-11-10-22-7-4-14(5-8-22)21-16(18-3)19-6-9-23-15(24)12-20-17(23)25;/h13-14H,4-12H2,1-3H3,(H,20,25)(H2,18,19,21);1H. The highest BCUT2D eigenvalue weighted by Gasteiger charge is 2.27. The number of likely N-dealkylation sites (tertiary alicyclic amines) is 1. The highest BCUT2D eigenvalue weighted by molar-refractivity contribution is 14.0. The van der Waals surface area contributed by atoms with Crippen molar-refractivity contribution in [2.45, 2.75) is 38.8 Å². The summed E-state index contributed by atoms with van der Waals surface area (Å²) in [4.78, 5) is 30.9. The minimum absolute atomic E-state index is 0. The van der Waals surface area contributed by atoms with Gasteiger partial charge in [-0.05, 0) is 26.7 Å². The molecule has 0 saturated carbocycles. The van der Waals surface area contributed by atoms with Gasteiger partial charge in [0.2, 0.25) is 5.91 Å². The van der Waals surface area contributed by atoms with Gasteiger partial charge in [-0.1, -0.05) is 0 Å². The fourth-order valence-electron chi connectivity index (χ4n) is 3.07. The number of aliphatic imine (C=N–C) groups is 1. The number of nitrogens with one attached hydrogen (secondary N) is 3. The molecule has 3 amide bonds. The van der Waals surface area contributed by atoms with Crippen LogP contribution in [-0.4, -0.2) is 92.8 Å². The molecule has 156 valence electrons. The third kappa shape index (κ3) is 8.18. The van der Waals surface area contributed by atoms with Crippen molar-refractivity contribution in [2.24, 2.45) is 4.99 Å². The molecule has 2 fully saturated rings. The lowest BCUT2D eigenvalue weighted by Gasteiger charge is -2.33. The van der Waals surface area contributed by atoms with Crippen molar-refractivity contribution in [3.8, 4) is 0 Å². The number of imide groups is 1. The summed E-state index contributed by atoms with van der Waals surface area (Å²) in [6.45, 7) is 8.85. The van der Waals surface area contributed by atoms with Gasteiger partial charge < -0.3 is 25.6 Å². The van der Waals surface area contributed by atoms with Crippen LogP contribution in [-0.2, 0) is 9.53 Å². The molecule has 2 aliphatic rings. The molecule has 0 aliphatic carbocycles. The number of carbonyl (C=O) groups excluding carboxylic acids is 2. The van der Waals surface area contributed by atoms with Gasteiger partial charge in [0.25, 0.3) is 0 Å². The van der Waals surface area contributed by atoms with E-state index in [9.17, 15) is 9.59 Å². The minimum Gasteiger partial charge on any atom is -0.377 e. The second-order valence-corrected chi connectivity index (χ2v) is 6.88. The normalized spacial score (nSPS) is 19.3. The van der Waals surface area contributed by atoms with Crippen LogP contribution in [0.25, 0.3) is 0 Å². The van der Waals surface area contributed by atoms with Crippen molar-refractivity contribution < 1.29 is 14.3 Å². The van der Waals surface area contributed by atoms with Gasteiger partial charge in [0.1, 0.15) is 0 Å². The molecule has 0 bridgehead atoms. The number of urea groups is 1. The smallest absolute Gasteiger partial charge is 0.324 e. The van der Waals surface area contributed by atoms with Crippen molar-refractivity contribution in [2.75, 3.05) is 52.9 Å². The molecule has 2 saturated heterocycles. The van der Waals surface area contributed by atoms with Crippen LogP contribution >= 0.6 is 24.0 Å². The number of piperidine rings is 1. The molecule has 0 atom stereocenters. The lowest BCUT2D eigenvalue weighted by atomic mass is 10.1. The lowest BCUT2D eigenvalue weighted by molar-refractivity contribution is -0.124. The second kappa shape index (κ2) is 12.3. The molecular weight excluding hydrogens is 463 g/mol. The summed E-state index contributed by atoms with van der Waals surface area (Å²) < 4.78 is 5.61. The summed E-state index contributed by atoms with van der Waals surface area (Å²) in [5.41, 5.74) is 0. The van der Waals surface area contributed by atoms with Crippen LogP contribution in [0.2, 0.25) is 0 Å². The predicted octanol–water partition coefficient (Wildman–Crippen LogP) is 0.211. The molecule has 0 aromatic carbocycles. The molecule has 9 nitrogen and oxygen atoms in total. The van der Waals surface area contributed by atoms with Gasteiger partial charge >= 0.3 is 6.03 Å². The van der Waals surface area contributed by atoms with E-state index in [0.29, 0.717) is 25.1 Å². The van der Waals surface area contributed by atoms with Crippen LogP contribution in [0, 0.1) is 0 Å². The number of nitrogens with zero attached hydrogens (tertiary/aromatic N) is 3. The van der Waals surface area contributed by atoms with Crippen LogP contribution < -0.4 is 16.0 Å². The van der Waals surface area contributed by atoms with Crippen molar-refractivity contribution >= 4 is 41.9 Å². The average Bonchev–Trinajstić information content (AvgIpc) is 2.93. The molecule has 2 aliphatic heterocycles. The number of hydrogen-bond donors (Lipinski definition) is 3. The zero-order chi connectivity index (χ0) is 18.9. The first-order valence-corrected chi connectivity index (χ1v) is 9.39. The SMILES string of the molecule is CN=C(NCCN1C(=O)CNC1=O)NC1CCN(CCOC(C)C)CC1.I. The van der Waals surface area contributed by atoms with E-state index in [-0.39, 0.29) is 48.6 Å². The van der Waals surface area contributed by atoms with E-state index < -0.39 is 0 Å². The van der Waals surface area contributed by atoms with Crippen LogP contribution in [0.4, 0.5) is 4.79 Å². The molecule has 2 rings (SSSR count). The Kier molecular flexibility index (Phi) is 10.9. The number of hydrogen-bond acceptors (Lipinski definition) is 5. The Balaban J connectivity index is 0.00000364. The second-order valence-electron chi connectivity index (χ2n) is 6.88. The summed E-state index contributed by atoms with van der Waals surface area (Å²) in [5.74, 6) is 0.521. The third-order valence-corrected chi connectivity index (χ3v) is 4.58. The largest absolute Gasteiger partial charge is 0.377 e. The molecule has 10 heteroatoms. The fourth-order valence-corrected chi connectivity index (χ4v) is 3.07. The molecular formula is C17H33IN6O3. The highest BCUT2D eigenvalue weighted by atomic mass is 127. The molecule has 0 radical (unpaired) electrons. The summed E-state index contributed by atoms with van der Waals surface area (Å²) in [6, 6.07) is 0.0498. The zero-order valence-corrected chi connectivity index (χ0v) is 18.8. The Bertz CT molecular complexity index is 493. The van der Waals surface area contributed by atoms with Gasteiger partial charge in [-0.25, -0.2) is 4.79 Å². The Labute approximate surface area is 178 Å². The Hall–Kier alpha value is -1.14. The molecule has 0 spiro atoms. The summed E-state index contributed by atoms with van der Waals surface area (Å²) >= 11 is 0. The highest BCUT2D eigenvalue weighted by Crippen LogP contribution is 2.10. The topological polar surface area (TPSA) is 98.3 Å². The Morgan fingerprint density at radius 3 is 2.56 bits per heavy atom. The third-order valence-electron chi connectivity index (χ3n) is 4.58. The van der Waals surface area contributed by atoms with E-state index in [2.05, 4.69) is 39.7 Å². The van der Waals surface area contributed by atoms with Crippen molar-refractivity contribution in [1.82, 2.24) is 25.8 Å². The number of rotatable bonds is 8. The molecule has 0 unspecified atom stereocenters. The molecule has 2 heterocycles. The van der Waals surface area contributed by atoms with E-state index >= 15 is 0 Å². The first kappa shape index (κ1) is 23.9. The lowest BCUT2D eigenvalue weighted by Crippen LogP contribution is -2.50. The molecule has 0 aromatic rings. The Morgan fingerprint density at radius 2 is 2.00 bits per heavy atom. The number of ether oxygens (including phenoxy) is 1. The average molecular weight is 496 g/mol. The fraction of sp³-hybridized carbons (Fsp3) is 0.824. The van der Waals surface area contributed by atoms with Crippen molar-refractivity contribution in [3.63, 3.8) is 0 Å². The summed E-state index contributed by atoms with van der Waals surface area (Å²) in [6.07, 6.45) is 2.38. The van der Waals surface area contributed by atoms with Crippen LogP contribution in [0.1, 0.15) is 26.7 Å². The first-order chi connectivity index (χ1) is 12.5. The van der Waals surface area contributed by atoms with Gasteiger partial charge in [-0.2, -0.15) is 0 Å². The quantitative estimate of drug-likeness (QED) is 0.193. The molecule has 3 N–H and O–H groups in total. The van der Waals surface area contributed by atoms with Gasteiger partial charge in [-0.15, -0.1) is 24.0 Å². The Morgan fingerprint density at radius 1 is 1.30 bits per heavy atom.